The molecule has 0 aromatic carbocycles. The van der Waals surface area contributed by atoms with E-state index in [4.69, 9.17) is 16.3 Å². The number of ether oxygens (including phenoxy) is 1. The molecule has 1 rings (SSSR count). The second-order valence-electron chi connectivity index (χ2n) is 6.40. The van der Waals surface area contributed by atoms with Crippen LogP contribution in [0.1, 0.15) is 45.5 Å². The first-order valence-electron chi connectivity index (χ1n) is 7.77. The number of halogens is 1. The smallest absolute Gasteiger partial charge is 0.204 e. The van der Waals surface area contributed by atoms with Gasteiger partial charge in [0.15, 0.2) is 0 Å². The van der Waals surface area contributed by atoms with Crippen molar-refractivity contribution < 1.29 is 4.74 Å². The molecule has 0 radical (unpaired) electrons. The van der Waals surface area contributed by atoms with Crippen molar-refractivity contribution in [1.29, 1.82) is 0 Å². The van der Waals surface area contributed by atoms with E-state index in [0.29, 0.717) is 16.9 Å². The van der Waals surface area contributed by atoms with E-state index in [0.717, 1.165) is 18.7 Å². The topological polar surface area (TPSA) is 27.1 Å². The van der Waals surface area contributed by atoms with Gasteiger partial charge in [-0.1, -0.05) is 23.6 Å². The number of imidazole rings is 1. The molecule has 0 amide bonds. The molecule has 0 fully saturated rings. The Hall–Kier alpha value is -1.50. The molecule has 0 saturated heterocycles. The van der Waals surface area contributed by atoms with Gasteiger partial charge in [0, 0.05) is 13.7 Å². The number of nitrogens with zero attached hydrogens (tertiary/aromatic N) is 2. The van der Waals surface area contributed by atoms with E-state index >= 15 is 0 Å². The molecule has 3 nitrogen and oxygen atoms in total. The Balaban J connectivity index is 3.02. The fraction of sp³-hybridized carbons (Fsp3) is 0.526. The van der Waals surface area contributed by atoms with E-state index in [1.54, 1.807) is 7.11 Å². The highest BCUT2D eigenvalue weighted by molar-refractivity contribution is 6.28. The summed E-state index contributed by atoms with van der Waals surface area (Å²) in [6, 6.07) is 0. The lowest BCUT2D eigenvalue weighted by atomic mass is 10.0. The molecule has 0 spiro atoms. The lowest BCUT2D eigenvalue weighted by Gasteiger charge is -2.14. The summed E-state index contributed by atoms with van der Waals surface area (Å²) >= 11 is 6.30. The average molecular weight is 335 g/mol. The van der Waals surface area contributed by atoms with Gasteiger partial charge in [0.1, 0.15) is 11.3 Å². The van der Waals surface area contributed by atoms with Crippen molar-refractivity contribution in [2.45, 2.75) is 53.2 Å². The molecule has 126 valence electrons. The Kier molecular flexibility index (Phi) is 7.12. The Morgan fingerprint density at radius 1 is 1.48 bits per heavy atom. The fourth-order valence-corrected chi connectivity index (χ4v) is 2.24. The first-order valence-corrected chi connectivity index (χ1v) is 8.14. The van der Waals surface area contributed by atoms with Gasteiger partial charge in [-0.05, 0) is 64.5 Å². The third kappa shape index (κ3) is 5.89. The van der Waals surface area contributed by atoms with Crippen molar-refractivity contribution in [2.24, 2.45) is 5.92 Å². The highest BCUT2D eigenvalue weighted by Gasteiger charge is 2.15. The van der Waals surface area contributed by atoms with Gasteiger partial charge in [0.05, 0.1) is 5.69 Å². The number of hydrogen-bond donors (Lipinski definition) is 0. The third-order valence-electron chi connectivity index (χ3n) is 3.75. The first kappa shape index (κ1) is 19.5. The Labute approximate surface area is 145 Å². The largest absolute Gasteiger partial charge is 0.366 e. The summed E-state index contributed by atoms with van der Waals surface area (Å²) in [4.78, 5) is 4.38. The lowest BCUT2D eigenvalue weighted by molar-refractivity contribution is 0.0741. The van der Waals surface area contributed by atoms with Gasteiger partial charge in [-0.3, -0.25) is 0 Å². The van der Waals surface area contributed by atoms with Crippen LogP contribution in [0.4, 0.5) is 0 Å². The highest BCUT2D eigenvalue weighted by Crippen LogP contribution is 2.20. The van der Waals surface area contributed by atoms with Crippen molar-refractivity contribution >= 4 is 11.6 Å². The number of methoxy groups -OCH3 is 1. The average Bonchev–Trinajstić information content (AvgIpc) is 2.76. The van der Waals surface area contributed by atoms with E-state index < -0.39 is 5.60 Å². The Morgan fingerprint density at radius 3 is 2.65 bits per heavy atom. The molecular formula is C19H27ClN2O. The maximum absolute atomic E-state index is 6.30. The molecule has 0 aliphatic heterocycles. The minimum absolute atomic E-state index is 0.312. The number of allylic oxidation sites excluding steroid dienone is 3. The van der Waals surface area contributed by atoms with E-state index in [2.05, 4.69) is 43.3 Å². The van der Waals surface area contributed by atoms with Crippen LogP contribution >= 0.6 is 11.6 Å². The van der Waals surface area contributed by atoms with Crippen molar-refractivity contribution in [1.82, 2.24) is 9.55 Å². The van der Waals surface area contributed by atoms with Crippen LogP contribution in [0.25, 0.3) is 0 Å². The van der Waals surface area contributed by atoms with Crippen LogP contribution in [-0.2, 0) is 11.3 Å². The maximum Gasteiger partial charge on any atom is 0.204 e. The normalized spacial score (nSPS) is 12.3. The molecule has 0 saturated carbocycles. The van der Waals surface area contributed by atoms with Crippen LogP contribution in [0.15, 0.2) is 24.3 Å². The summed E-state index contributed by atoms with van der Waals surface area (Å²) in [5.74, 6) is 6.47. The zero-order valence-corrected chi connectivity index (χ0v) is 15.8. The predicted octanol–water partition coefficient (Wildman–Crippen LogP) is 4.78. The second-order valence-corrected chi connectivity index (χ2v) is 6.74. The number of aromatic nitrogens is 2. The van der Waals surface area contributed by atoms with Crippen molar-refractivity contribution in [3.05, 3.63) is 41.0 Å². The zero-order valence-electron chi connectivity index (χ0n) is 15.0. The van der Waals surface area contributed by atoms with Crippen LogP contribution in [0, 0.1) is 24.7 Å². The number of rotatable bonds is 6. The summed E-state index contributed by atoms with van der Waals surface area (Å²) in [6.07, 6.45) is 5.13. The predicted molar refractivity (Wildman–Crippen MR) is 97.7 cm³/mol. The van der Waals surface area contributed by atoms with Crippen molar-refractivity contribution in [3.8, 4) is 11.8 Å². The lowest BCUT2D eigenvalue weighted by Crippen LogP contribution is -2.19. The molecule has 1 aromatic heterocycles. The molecule has 4 heteroatoms. The van der Waals surface area contributed by atoms with E-state index in [-0.39, 0.29) is 0 Å². The summed E-state index contributed by atoms with van der Waals surface area (Å²) < 4.78 is 7.31. The van der Waals surface area contributed by atoms with E-state index in [1.807, 2.05) is 31.4 Å². The van der Waals surface area contributed by atoms with E-state index in [9.17, 15) is 0 Å². The molecule has 1 aromatic rings. The quantitative estimate of drug-likeness (QED) is 0.553. The van der Waals surface area contributed by atoms with Gasteiger partial charge in [-0.25, -0.2) is 4.98 Å². The molecule has 1 atom stereocenters. The van der Waals surface area contributed by atoms with Gasteiger partial charge in [0.25, 0.3) is 0 Å². The van der Waals surface area contributed by atoms with Crippen molar-refractivity contribution in [2.75, 3.05) is 7.11 Å². The molecule has 0 N–H and O–H groups in total. The van der Waals surface area contributed by atoms with Crippen LogP contribution in [0.5, 0.6) is 0 Å². The minimum Gasteiger partial charge on any atom is -0.366 e. The molecule has 0 aliphatic carbocycles. The van der Waals surface area contributed by atoms with Crippen LogP contribution in [-0.4, -0.2) is 22.3 Å². The van der Waals surface area contributed by atoms with Gasteiger partial charge in [-0.15, -0.1) is 6.58 Å². The molecular weight excluding hydrogens is 308 g/mol. The number of hydrogen-bond acceptors (Lipinski definition) is 2. The molecule has 0 unspecified atom stereocenters. The standard InChI is InChI=1S/C19H27ClN2O/c1-8-16(10-9-14(2)3)13-22-15(4)17(21-18(22)20)11-12-19(5,6)23-7/h8-9,16H,1,10,13H2,2-7H3/t16-/m1/s1. The highest BCUT2D eigenvalue weighted by atomic mass is 35.5. The van der Waals surface area contributed by atoms with Gasteiger partial charge in [-0.2, -0.15) is 0 Å². The molecule has 0 aliphatic rings. The minimum atomic E-state index is -0.504. The van der Waals surface area contributed by atoms with E-state index in [1.165, 1.54) is 5.57 Å². The maximum atomic E-state index is 6.30. The summed E-state index contributed by atoms with van der Waals surface area (Å²) in [7, 11) is 1.64. The zero-order chi connectivity index (χ0) is 17.6. The van der Waals surface area contributed by atoms with Crippen LogP contribution < -0.4 is 0 Å². The van der Waals surface area contributed by atoms with Gasteiger partial charge >= 0.3 is 0 Å². The second kappa shape index (κ2) is 8.38. The van der Waals surface area contributed by atoms with Gasteiger partial charge in [0.2, 0.25) is 5.28 Å². The Bertz CT molecular complexity index is 640. The molecule has 1 heterocycles. The molecule has 0 bridgehead atoms. The summed E-state index contributed by atoms with van der Waals surface area (Å²) in [5, 5.41) is 0.464. The van der Waals surface area contributed by atoms with Crippen molar-refractivity contribution in [3.63, 3.8) is 0 Å². The molecule has 23 heavy (non-hydrogen) atoms. The summed E-state index contributed by atoms with van der Waals surface area (Å²) in [6.45, 7) is 14.7. The Morgan fingerprint density at radius 2 is 2.13 bits per heavy atom. The van der Waals surface area contributed by atoms with Crippen LogP contribution in [0.2, 0.25) is 5.28 Å². The first-order chi connectivity index (χ1) is 10.7. The monoisotopic (exact) mass is 334 g/mol. The SMILES string of the molecule is C=C[C@H](CC=C(C)C)Cn1c(Cl)nc(C#CC(C)(C)OC)c1C. The third-order valence-corrected chi connectivity index (χ3v) is 4.03. The van der Waals surface area contributed by atoms with Gasteiger partial charge < -0.3 is 9.30 Å². The van der Waals surface area contributed by atoms with Crippen LogP contribution in [0.3, 0.4) is 0 Å². The fourth-order valence-electron chi connectivity index (χ4n) is 1.96. The summed E-state index contributed by atoms with van der Waals surface area (Å²) in [5.41, 5.74) is 2.47.